The summed E-state index contributed by atoms with van der Waals surface area (Å²) < 4.78 is 0.937. The summed E-state index contributed by atoms with van der Waals surface area (Å²) in [6.07, 6.45) is 2.21. The molecule has 4 rings (SSSR count). The Morgan fingerprint density at radius 1 is 1.21 bits per heavy atom. The first-order valence-corrected chi connectivity index (χ1v) is 10.8. The average Bonchev–Trinajstić information content (AvgIpc) is 2.70. The van der Waals surface area contributed by atoms with Crippen LogP contribution in [0.4, 0.5) is 0 Å². The van der Waals surface area contributed by atoms with E-state index in [2.05, 4.69) is 52.4 Å². The number of phenolic OH excluding ortho intramolecular Hbond substituents is 1. The number of amides is 1. The van der Waals surface area contributed by atoms with Gasteiger partial charge < -0.3 is 10.0 Å². The third-order valence-electron chi connectivity index (χ3n) is 5.98. The summed E-state index contributed by atoms with van der Waals surface area (Å²) in [5.41, 5.74) is 3.82. The highest BCUT2D eigenvalue weighted by atomic mass is 79.9. The van der Waals surface area contributed by atoms with Crippen molar-refractivity contribution in [3.05, 3.63) is 63.6 Å². The summed E-state index contributed by atoms with van der Waals surface area (Å²) in [5.74, 6) is 0.395. The molecule has 0 aliphatic carbocycles. The van der Waals surface area contributed by atoms with Crippen LogP contribution in [0.1, 0.15) is 48.9 Å². The third-order valence-corrected chi connectivity index (χ3v) is 6.47. The van der Waals surface area contributed by atoms with Crippen LogP contribution in [-0.2, 0) is 4.79 Å². The number of carbonyl (C=O) groups is 1. The molecule has 0 radical (unpaired) electrons. The highest BCUT2D eigenvalue weighted by molar-refractivity contribution is 9.10. The molecular formula is C23H26BrN3O2. The summed E-state index contributed by atoms with van der Waals surface area (Å²) in [4.78, 5) is 18.8. The lowest BCUT2D eigenvalue weighted by molar-refractivity contribution is -0.130. The van der Waals surface area contributed by atoms with E-state index < -0.39 is 5.66 Å². The van der Waals surface area contributed by atoms with Crippen LogP contribution in [-0.4, -0.2) is 40.4 Å². The van der Waals surface area contributed by atoms with Crippen molar-refractivity contribution in [1.29, 1.82) is 0 Å². The minimum atomic E-state index is -0.427. The molecule has 0 saturated carbocycles. The van der Waals surface area contributed by atoms with Crippen molar-refractivity contribution in [3.8, 4) is 5.75 Å². The van der Waals surface area contributed by atoms with E-state index in [1.165, 1.54) is 5.56 Å². The second-order valence-corrected chi connectivity index (χ2v) is 8.98. The standard InChI is InChI=1S/C23H26BrN3O2/c1-15-3-5-17(6-4-15)20-14-21(19-13-18(24)7-8-22(19)29)26-23(25-20)9-11-27(12-10-23)16(2)28/h3-8,13,21,26,29H,9-12,14H2,1-2H3/t21-/m0/s1. The predicted molar refractivity (Wildman–Crippen MR) is 118 cm³/mol. The Kier molecular flexibility index (Phi) is 5.49. The number of hydrogen-bond donors (Lipinski definition) is 2. The SMILES string of the molecule is CC(=O)N1CCC2(CC1)N=C(c1ccc(C)cc1)C[C@@H](c1cc(Br)ccc1O)N2. The minimum absolute atomic E-state index is 0.0508. The van der Waals surface area contributed by atoms with Gasteiger partial charge in [0.1, 0.15) is 11.4 Å². The first-order chi connectivity index (χ1) is 13.8. The Balaban J connectivity index is 1.71. The van der Waals surface area contributed by atoms with Crippen LogP contribution in [0, 0.1) is 6.92 Å². The Labute approximate surface area is 180 Å². The van der Waals surface area contributed by atoms with Gasteiger partial charge in [-0.15, -0.1) is 0 Å². The lowest BCUT2D eigenvalue weighted by Crippen LogP contribution is -2.56. The van der Waals surface area contributed by atoms with Crippen molar-refractivity contribution in [3.63, 3.8) is 0 Å². The molecule has 1 atom stereocenters. The number of halogens is 1. The van der Waals surface area contributed by atoms with Crippen molar-refractivity contribution >= 4 is 27.5 Å². The van der Waals surface area contributed by atoms with Gasteiger partial charge in [0.25, 0.3) is 0 Å². The molecule has 29 heavy (non-hydrogen) atoms. The number of aryl methyl sites for hydroxylation is 1. The number of aliphatic imine (C=N–C) groups is 1. The first-order valence-electron chi connectivity index (χ1n) is 10.0. The zero-order valence-corrected chi connectivity index (χ0v) is 18.4. The first kappa shape index (κ1) is 20.1. The molecule has 1 amide bonds. The molecule has 152 valence electrons. The van der Waals surface area contributed by atoms with Crippen molar-refractivity contribution in [2.75, 3.05) is 13.1 Å². The Bertz CT molecular complexity index is 947. The maximum absolute atomic E-state index is 11.8. The van der Waals surface area contributed by atoms with Gasteiger partial charge in [-0.05, 0) is 30.7 Å². The summed E-state index contributed by atoms with van der Waals surface area (Å²) in [5, 5.41) is 14.2. The van der Waals surface area contributed by atoms with E-state index in [1.54, 1.807) is 13.0 Å². The van der Waals surface area contributed by atoms with Crippen LogP contribution >= 0.6 is 15.9 Å². The van der Waals surface area contributed by atoms with E-state index in [4.69, 9.17) is 4.99 Å². The number of phenols is 1. The number of likely N-dealkylation sites (tertiary alicyclic amines) is 1. The molecule has 0 unspecified atom stereocenters. The highest BCUT2D eigenvalue weighted by Crippen LogP contribution is 2.38. The quantitative estimate of drug-likeness (QED) is 0.708. The number of piperidine rings is 1. The van der Waals surface area contributed by atoms with E-state index in [0.717, 1.165) is 34.2 Å². The molecule has 1 spiro atoms. The maximum atomic E-state index is 11.8. The zero-order chi connectivity index (χ0) is 20.6. The molecule has 1 saturated heterocycles. The smallest absolute Gasteiger partial charge is 0.219 e. The molecular weight excluding hydrogens is 430 g/mol. The molecule has 0 bridgehead atoms. The highest BCUT2D eigenvalue weighted by Gasteiger charge is 2.41. The Morgan fingerprint density at radius 2 is 1.90 bits per heavy atom. The van der Waals surface area contributed by atoms with Crippen molar-refractivity contribution < 1.29 is 9.90 Å². The van der Waals surface area contributed by atoms with Gasteiger partial charge in [-0.2, -0.15) is 0 Å². The molecule has 2 heterocycles. The fourth-order valence-corrected chi connectivity index (χ4v) is 4.65. The van der Waals surface area contributed by atoms with Gasteiger partial charge in [-0.3, -0.25) is 15.1 Å². The number of hydrogen-bond acceptors (Lipinski definition) is 4. The molecule has 2 N–H and O–H groups in total. The lowest BCUT2D eigenvalue weighted by atomic mass is 9.87. The average molecular weight is 456 g/mol. The van der Waals surface area contributed by atoms with Gasteiger partial charge in [-0.1, -0.05) is 45.8 Å². The molecule has 6 heteroatoms. The van der Waals surface area contributed by atoms with Crippen molar-refractivity contribution in [1.82, 2.24) is 10.2 Å². The fourth-order valence-electron chi connectivity index (χ4n) is 4.27. The second kappa shape index (κ2) is 7.92. The molecule has 0 aromatic heterocycles. The fraction of sp³-hybridized carbons (Fsp3) is 0.391. The third kappa shape index (κ3) is 4.23. The van der Waals surface area contributed by atoms with E-state index in [9.17, 15) is 9.90 Å². The molecule has 2 aromatic carbocycles. The van der Waals surface area contributed by atoms with Crippen LogP contribution in [0.3, 0.4) is 0 Å². The molecule has 2 aromatic rings. The number of nitrogens with one attached hydrogen (secondary N) is 1. The van der Waals surface area contributed by atoms with E-state index in [1.807, 2.05) is 17.0 Å². The summed E-state index contributed by atoms with van der Waals surface area (Å²) in [6.45, 7) is 5.07. The normalized spacial score (nSPS) is 21.1. The summed E-state index contributed by atoms with van der Waals surface area (Å²) in [6, 6.07) is 14.0. The van der Waals surface area contributed by atoms with Gasteiger partial charge in [0.05, 0.1) is 0 Å². The van der Waals surface area contributed by atoms with Crippen LogP contribution < -0.4 is 5.32 Å². The van der Waals surface area contributed by atoms with Crippen molar-refractivity contribution in [2.45, 2.75) is 44.8 Å². The number of nitrogens with zero attached hydrogens (tertiary/aromatic N) is 2. The Morgan fingerprint density at radius 3 is 2.55 bits per heavy atom. The van der Waals surface area contributed by atoms with Gasteiger partial charge in [-0.25, -0.2) is 0 Å². The predicted octanol–water partition coefficient (Wildman–Crippen LogP) is 4.33. The number of benzene rings is 2. The largest absolute Gasteiger partial charge is 0.508 e. The molecule has 5 nitrogen and oxygen atoms in total. The molecule has 2 aliphatic rings. The van der Waals surface area contributed by atoms with Gasteiger partial charge in [0, 0.05) is 61.1 Å². The topological polar surface area (TPSA) is 64.9 Å². The number of rotatable bonds is 2. The van der Waals surface area contributed by atoms with Crippen LogP contribution in [0.15, 0.2) is 51.9 Å². The van der Waals surface area contributed by atoms with Crippen molar-refractivity contribution in [2.24, 2.45) is 4.99 Å². The second-order valence-electron chi connectivity index (χ2n) is 8.07. The van der Waals surface area contributed by atoms with E-state index >= 15 is 0 Å². The van der Waals surface area contributed by atoms with E-state index in [-0.39, 0.29) is 17.7 Å². The minimum Gasteiger partial charge on any atom is -0.508 e. The summed E-state index contributed by atoms with van der Waals surface area (Å²) in [7, 11) is 0. The Hall–Kier alpha value is -2.18. The maximum Gasteiger partial charge on any atom is 0.219 e. The number of aromatic hydroxyl groups is 1. The number of carbonyl (C=O) groups excluding carboxylic acids is 1. The van der Waals surface area contributed by atoms with Crippen LogP contribution in [0.5, 0.6) is 5.75 Å². The molecule has 1 fully saturated rings. The van der Waals surface area contributed by atoms with Gasteiger partial charge >= 0.3 is 0 Å². The van der Waals surface area contributed by atoms with Gasteiger partial charge in [0.15, 0.2) is 0 Å². The van der Waals surface area contributed by atoms with E-state index in [0.29, 0.717) is 19.5 Å². The van der Waals surface area contributed by atoms with Crippen LogP contribution in [0.25, 0.3) is 0 Å². The molecule has 2 aliphatic heterocycles. The summed E-state index contributed by atoms with van der Waals surface area (Å²) >= 11 is 3.53. The lowest BCUT2D eigenvalue weighted by Gasteiger charge is -2.45. The zero-order valence-electron chi connectivity index (χ0n) is 16.8. The van der Waals surface area contributed by atoms with Gasteiger partial charge in [0.2, 0.25) is 5.91 Å². The monoisotopic (exact) mass is 455 g/mol. The van der Waals surface area contributed by atoms with Crippen LogP contribution in [0.2, 0.25) is 0 Å².